The first-order valence-electron chi connectivity index (χ1n) is 4.48. The van der Waals surface area contributed by atoms with E-state index in [1.165, 1.54) is 0 Å². The Morgan fingerprint density at radius 2 is 2.07 bits per heavy atom. The van der Waals surface area contributed by atoms with Crippen LogP contribution in [0.3, 0.4) is 0 Å². The highest BCUT2D eigenvalue weighted by atomic mass is 16.6. The van der Waals surface area contributed by atoms with Crippen molar-refractivity contribution in [1.29, 1.82) is 0 Å². The van der Waals surface area contributed by atoms with E-state index < -0.39 is 43.2 Å². The number of carbonyl (C=O) groups excluding carboxylic acids is 1. The molecule has 1 aliphatic heterocycles. The molecule has 1 fully saturated rings. The van der Waals surface area contributed by atoms with E-state index in [2.05, 4.69) is 4.74 Å². The Bertz CT molecular complexity index is 235. The van der Waals surface area contributed by atoms with Crippen LogP contribution in [0.25, 0.3) is 0 Å². The van der Waals surface area contributed by atoms with E-state index >= 15 is 0 Å². The van der Waals surface area contributed by atoms with Gasteiger partial charge in [-0.1, -0.05) is 0 Å². The van der Waals surface area contributed by atoms with Crippen molar-refractivity contribution in [3.05, 3.63) is 0 Å². The second kappa shape index (κ2) is 4.86. The Morgan fingerprint density at radius 1 is 1.47 bits per heavy atom. The van der Waals surface area contributed by atoms with Crippen molar-refractivity contribution in [2.24, 2.45) is 0 Å². The molecule has 0 amide bonds. The number of nitrogens with one attached hydrogen (secondary N) is 1. The summed E-state index contributed by atoms with van der Waals surface area (Å²) in [5.74, 6) is -0.672. The van der Waals surface area contributed by atoms with Gasteiger partial charge in [-0.3, -0.25) is 4.79 Å². The van der Waals surface area contributed by atoms with E-state index in [9.17, 15) is 15.0 Å². The maximum Gasteiger partial charge on any atom is 0.303 e. The molecule has 0 bridgehead atoms. The van der Waals surface area contributed by atoms with Crippen LogP contribution in [0.5, 0.6) is 0 Å². The summed E-state index contributed by atoms with van der Waals surface area (Å²) in [4.78, 5) is 10.7. The van der Waals surface area contributed by atoms with Crippen LogP contribution in [0, 0.1) is 0 Å². The Morgan fingerprint density at radius 3 is 2.53 bits per heavy atom. The summed E-state index contributed by atoms with van der Waals surface area (Å²) in [5, 5.41) is 27.7. The number of aliphatic hydroxyl groups is 3. The molecule has 1 heterocycles. The van der Waals surface area contributed by atoms with E-state index in [0.29, 0.717) is 0 Å². The van der Waals surface area contributed by atoms with Gasteiger partial charge in [0.2, 0.25) is 0 Å². The summed E-state index contributed by atoms with van der Waals surface area (Å²) >= 11 is 0. The standard InChI is InChI=1S/C8H14NO6/c1-3(11)14-7-6(13)5(12)4(2-10)15-8(7)9/h4-10,12-13H,2H2,1H3/t4-,5-,6+,7-,8?/m1/s1. The van der Waals surface area contributed by atoms with Gasteiger partial charge in [0.05, 0.1) is 6.61 Å². The summed E-state index contributed by atoms with van der Waals surface area (Å²) in [6, 6.07) is 0. The molecule has 0 spiro atoms. The summed E-state index contributed by atoms with van der Waals surface area (Å²) in [7, 11) is 0. The van der Waals surface area contributed by atoms with Gasteiger partial charge in [0.1, 0.15) is 18.3 Å². The first-order valence-corrected chi connectivity index (χ1v) is 4.48. The lowest BCUT2D eigenvalue weighted by Gasteiger charge is -2.39. The normalized spacial score (nSPS) is 41.3. The Hall–Kier alpha value is -0.730. The minimum atomic E-state index is -1.43. The van der Waals surface area contributed by atoms with Gasteiger partial charge in [-0.05, 0) is 0 Å². The lowest BCUT2D eigenvalue weighted by Crippen LogP contribution is -2.60. The van der Waals surface area contributed by atoms with Crippen LogP contribution in [0.4, 0.5) is 0 Å². The number of aliphatic hydroxyl groups excluding tert-OH is 3. The Kier molecular flexibility index (Phi) is 4.00. The molecule has 7 heteroatoms. The van der Waals surface area contributed by atoms with Crippen molar-refractivity contribution in [1.82, 2.24) is 5.73 Å². The molecular formula is C8H14NO6. The molecule has 15 heavy (non-hydrogen) atoms. The van der Waals surface area contributed by atoms with Gasteiger partial charge in [-0.15, -0.1) is 0 Å². The van der Waals surface area contributed by atoms with E-state index in [1.807, 2.05) is 0 Å². The highest BCUT2D eigenvalue weighted by Crippen LogP contribution is 2.21. The molecule has 0 aromatic heterocycles. The van der Waals surface area contributed by atoms with Crippen LogP contribution in [-0.4, -0.2) is 58.5 Å². The molecule has 4 N–H and O–H groups in total. The van der Waals surface area contributed by atoms with E-state index in [1.54, 1.807) is 0 Å². The van der Waals surface area contributed by atoms with Crippen LogP contribution in [0.2, 0.25) is 0 Å². The molecular weight excluding hydrogens is 206 g/mol. The van der Waals surface area contributed by atoms with Gasteiger partial charge in [0.25, 0.3) is 0 Å². The maximum absolute atomic E-state index is 10.7. The van der Waals surface area contributed by atoms with Gasteiger partial charge >= 0.3 is 5.97 Å². The van der Waals surface area contributed by atoms with Gasteiger partial charge < -0.3 is 24.8 Å². The Balaban J connectivity index is 2.70. The van der Waals surface area contributed by atoms with Crippen molar-refractivity contribution in [3.63, 3.8) is 0 Å². The van der Waals surface area contributed by atoms with Crippen molar-refractivity contribution >= 4 is 5.97 Å². The fourth-order valence-corrected chi connectivity index (χ4v) is 1.41. The fourth-order valence-electron chi connectivity index (χ4n) is 1.41. The lowest BCUT2D eigenvalue weighted by molar-refractivity contribution is -0.238. The number of ether oxygens (including phenoxy) is 2. The summed E-state index contributed by atoms with van der Waals surface area (Å²) in [6.45, 7) is 0.615. The molecule has 0 aromatic carbocycles. The summed E-state index contributed by atoms with van der Waals surface area (Å²) in [5.41, 5.74) is 7.40. The molecule has 1 aliphatic rings. The zero-order valence-corrected chi connectivity index (χ0v) is 8.16. The monoisotopic (exact) mass is 220 g/mol. The third-order valence-electron chi connectivity index (χ3n) is 2.17. The molecule has 1 radical (unpaired) electrons. The fraction of sp³-hybridized carbons (Fsp3) is 0.875. The lowest BCUT2D eigenvalue weighted by atomic mass is 9.98. The molecule has 1 unspecified atom stereocenters. The van der Waals surface area contributed by atoms with Crippen molar-refractivity contribution in [2.45, 2.75) is 37.6 Å². The molecule has 1 rings (SSSR count). The maximum atomic E-state index is 10.7. The quantitative estimate of drug-likeness (QED) is 0.448. The van der Waals surface area contributed by atoms with Crippen LogP contribution in [-0.2, 0) is 14.3 Å². The van der Waals surface area contributed by atoms with Crippen molar-refractivity contribution in [2.75, 3.05) is 6.61 Å². The van der Waals surface area contributed by atoms with Crippen LogP contribution >= 0.6 is 0 Å². The number of hydrogen-bond acceptors (Lipinski definition) is 6. The average Bonchev–Trinajstić information content (AvgIpc) is 2.18. The van der Waals surface area contributed by atoms with Crippen LogP contribution in [0.15, 0.2) is 0 Å². The largest absolute Gasteiger partial charge is 0.455 e. The topological polar surface area (TPSA) is 120 Å². The predicted octanol–water partition coefficient (Wildman–Crippen LogP) is -2.36. The smallest absolute Gasteiger partial charge is 0.303 e. The van der Waals surface area contributed by atoms with Crippen molar-refractivity contribution in [3.8, 4) is 0 Å². The highest BCUT2D eigenvalue weighted by Gasteiger charge is 2.44. The second-order valence-electron chi connectivity index (χ2n) is 3.33. The minimum Gasteiger partial charge on any atom is -0.455 e. The molecule has 0 aromatic rings. The van der Waals surface area contributed by atoms with Crippen LogP contribution < -0.4 is 5.73 Å². The SMILES string of the molecule is CC(=O)O[C@H]1C([NH])O[C@H](CO)[C@@H](O)[C@@H]1O. The zero-order valence-electron chi connectivity index (χ0n) is 8.16. The molecule has 5 atom stereocenters. The van der Waals surface area contributed by atoms with Gasteiger partial charge in [0, 0.05) is 6.92 Å². The van der Waals surface area contributed by atoms with Gasteiger partial charge in [0.15, 0.2) is 12.3 Å². The second-order valence-corrected chi connectivity index (χ2v) is 3.33. The molecule has 0 saturated carbocycles. The number of carbonyl (C=O) groups is 1. The minimum absolute atomic E-state index is 0.513. The number of rotatable bonds is 2. The summed E-state index contributed by atoms with van der Waals surface area (Å²) < 4.78 is 9.50. The van der Waals surface area contributed by atoms with E-state index in [-0.39, 0.29) is 0 Å². The van der Waals surface area contributed by atoms with Gasteiger partial charge in [-0.25, -0.2) is 5.73 Å². The van der Waals surface area contributed by atoms with Gasteiger partial charge in [-0.2, -0.15) is 0 Å². The van der Waals surface area contributed by atoms with E-state index in [4.69, 9.17) is 15.6 Å². The van der Waals surface area contributed by atoms with Crippen molar-refractivity contribution < 1.29 is 29.6 Å². The zero-order chi connectivity index (χ0) is 11.6. The number of hydrogen-bond donors (Lipinski definition) is 3. The Labute approximate surface area is 86.4 Å². The number of esters is 1. The molecule has 7 nitrogen and oxygen atoms in total. The summed E-state index contributed by atoms with van der Waals surface area (Å²) in [6.07, 6.45) is -6.39. The molecule has 1 saturated heterocycles. The molecule has 87 valence electrons. The third-order valence-corrected chi connectivity index (χ3v) is 2.17. The highest BCUT2D eigenvalue weighted by molar-refractivity contribution is 5.66. The molecule has 0 aliphatic carbocycles. The first kappa shape index (κ1) is 12.3. The van der Waals surface area contributed by atoms with Crippen LogP contribution in [0.1, 0.15) is 6.92 Å². The van der Waals surface area contributed by atoms with E-state index in [0.717, 1.165) is 6.92 Å². The predicted molar refractivity (Wildman–Crippen MR) is 46.4 cm³/mol. The first-order chi connectivity index (χ1) is 6.97. The third kappa shape index (κ3) is 2.64. The average molecular weight is 220 g/mol.